The molecule has 5 N–H and O–H groups in total. The van der Waals surface area contributed by atoms with Crippen molar-refractivity contribution in [3.8, 4) is 0 Å². The summed E-state index contributed by atoms with van der Waals surface area (Å²) in [7, 11) is 0. The number of aliphatic hydroxyl groups is 1. The molecule has 0 aliphatic rings. The fourth-order valence-corrected chi connectivity index (χ4v) is 0.961. The minimum Gasteiger partial charge on any atom is -0.396 e. The van der Waals surface area contributed by atoms with Gasteiger partial charge < -0.3 is 16.6 Å². The van der Waals surface area contributed by atoms with Crippen LogP contribution >= 0.6 is 0 Å². The van der Waals surface area contributed by atoms with E-state index in [0.29, 0.717) is 0 Å². The first-order valence-corrected chi connectivity index (χ1v) is 3.68. The van der Waals surface area contributed by atoms with Gasteiger partial charge in [0.15, 0.2) is 11.6 Å². The van der Waals surface area contributed by atoms with Crippen LogP contribution in [0.3, 0.4) is 0 Å². The summed E-state index contributed by atoms with van der Waals surface area (Å²) in [5, 5.41) is 9.20. The van der Waals surface area contributed by atoms with Crippen LogP contribution in [-0.2, 0) is 0 Å². The van der Waals surface area contributed by atoms with E-state index in [2.05, 4.69) is 0 Å². The Kier molecular flexibility index (Phi) is 2.79. The Hall–Kier alpha value is -1.20. The van der Waals surface area contributed by atoms with Gasteiger partial charge in [-0.15, -0.1) is 0 Å². The van der Waals surface area contributed by atoms with Crippen molar-refractivity contribution >= 4 is 5.69 Å². The van der Waals surface area contributed by atoms with Crippen molar-refractivity contribution in [2.45, 2.75) is 6.10 Å². The number of hydrogen-bond acceptors (Lipinski definition) is 3. The van der Waals surface area contributed by atoms with Crippen LogP contribution < -0.4 is 11.5 Å². The first kappa shape index (κ1) is 9.88. The number of benzene rings is 1. The maximum absolute atomic E-state index is 12.7. The average molecular weight is 188 g/mol. The topological polar surface area (TPSA) is 72.3 Å². The third-order valence-corrected chi connectivity index (χ3v) is 1.69. The molecule has 0 saturated heterocycles. The van der Waals surface area contributed by atoms with Gasteiger partial charge in [0.05, 0.1) is 11.8 Å². The lowest BCUT2D eigenvalue weighted by Gasteiger charge is -2.09. The van der Waals surface area contributed by atoms with Crippen LogP contribution in [0.4, 0.5) is 14.5 Å². The van der Waals surface area contributed by atoms with Crippen molar-refractivity contribution in [2.75, 3.05) is 12.3 Å². The van der Waals surface area contributed by atoms with Crippen molar-refractivity contribution in [1.29, 1.82) is 0 Å². The number of nitrogens with two attached hydrogens (primary N) is 2. The number of halogens is 2. The fraction of sp³-hybridized carbons (Fsp3) is 0.250. The Morgan fingerprint density at radius 2 is 2.00 bits per heavy atom. The molecule has 1 unspecified atom stereocenters. The van der Waals surface area contributed by atoms with E-state index in [0.717, 1.165) is 12.1 Å². The molecule has 5 heteroatoms. The molecule has 0 amide bonds. The monoisotopic (exact) mass is 188 g/mol. The molecule has 0 heterocycles. The minimum absolute atomic E-state index is 0.0650. The second-order valence-electron chi connectivity index (χ2n) is 2.66. The first-order chi connectivity index (χ1) is 6.06. The maximum atomic E-state index is 12.7. The summed E-state index contributed by atoms with van der Waals surface area (Å²) in [5.41, 5.74) is 10.1. The second kappa shape index (κ2) is 3.68. The Labute approximate surface area is 74.0 Å². The van der Waals surface area contributed by atoms with Gasteiger partial charge in [-0.05, 0) is 17.7 Å². The summed E-state index contributed by atoms with van der Waals surface area (Å²) in [6.45, 7) is -0.0650. The molecule has 0 fully saturated rings. The van der Waals surface area contributed by atoms with Crippen LogP contribution in [0.5, 0.6) is 0 Å². The van der Waals surface area contributed by atoms with E-state index in [1.54, 1.807) is 0 Å². The third-order valence-electron chi connectivity index (χ3n) is 1.69. The molecular weight excluding hydrogens is 178 g/mol. The molecule has 1 aromatic rings. The summed E-state index contributed by atoms with van der Waals surface area (Å²) >= 11 is 0. The molecule has 1 aromatic carbocycles. The molecular formula is C8H10F2N2O. The van der Waals surface area contributed by atoms with Crippen LogP contribution in [0.15, 0.2) is 12.1 Å². The van der Waals surface area contributed by atoms with E-state index < -0.39 is 17.7 Å². The highest BCUT2D eigenvalue weighted by atomic mass is 19.2. The molecule has 0 aromatic heterocycles. The highest BCUT2D eigenvalue weighted by Crippen LogP contribution is 2.20. The summed E-state index contributed by atoms with van der Waals surface area (Å²) in [5.74, 6) is -2.18. The van der Waals surface area contributed by atoms with Crippen molar-refractivity contribution in [3.63, 3.8) is 0 Å². The summed E-state index contributed by atoms with van der Waals surface area (Å²) < 4.78 is 25.4. The normalized spacial score (nSPS) is 12.9. The largest absolute Gasteiger partial charge is 0.396 e. The lowest BCUT2D eigenvalue weighted by atomic mass is 10.1. The highest BCUT2D eigenvalue weighted by Gasteiger charge is 2.12. The lowest BCUT2D eigenvalue weighted by Crippen LogP contribution is -2.12. The summed E-state index contributed by atoms with van der Waals surface area (Å²) in [4.78, 5) is 0. The first-order valence-electron chi connectivity index (χ1n) is 3.68. The van der Waals surface area contributed by atoms with Gasteiger partial charge in [0.1, 0.15) is 0 Å². The molecule has 13 heavy (non-hydrogen) atoms. The summed E-state index contributed by atoms with van der Waals surface area (Å²) in [6, 6.07) is 2.04. The Balaban J connectivity index is 3.13. The Bertz CT molecular complexity index is 294. The van der Waals surface area contributed by atoms with Crippen molar-refractivity contribution in [3.05, 3.63) is 29.3 Å². The standard InChI is InChI=1S/C8H10F2N2O/c9-5-1-4(7(13)3-11)2-6(12)8(5)10/h1-2,7,13H,3,11-12H2. The lowest BCUT2D eigenvalue weighted by molar-refractivity contribution is 0.186. The van der Waals surface area contributed by atoms with E-state index in [1.165, 1.54) is 0 Å². The second-order valence-corrected chi connectivity index (χ2v) is 2.66. The van der Waals surface area contributed by atoms with Gasteiger partial charge in [-0.25, -0.2) is 8.78 Å². The highest BCUT2D eigenvalue weighted by molar-refractivity contribution is 5.43. The van der Waals surface area contributed by atoms with Gasteiger partial charge in [0.2, 0.25) is 0 Å². The molecule has 0 aliphatic carbocycles. The third kappa shape index (κ3) is 1.93. The van der Waals surface area contributed by atoms with Gasteiger partial charge in [0, 0.05) is 6.54 Å². The molecule has 0 saturated carbocycles. The Morgan fingerprint density at radius 1 is 1.38 bits per heavy atom. The van der Waals surface area contributed by atoms with E-state index in [4.69, 9.17) is 11.5 Å². The predicted molar refractivity (Wildman–Crippen MR) is 44.8 cm³/mol. The van der Waals surface area contributed by atoms with Gasteiger partial charge in [-0.1, -0.05) is 0 Å². The molecule has 1 rings (SSSR count). The molecule has 0 aliphatic heterocycles. The molecule has 72 valence electrons. The maximum Gasteiger partial charge on any atom is 0.181 e. The van der Waals surface area contributed by atoms with E-state index in [9.17, 15) is 13.9 Å². The number of aliphatic hydroxyl groups excluding tert-OH is 1. The van der Waals surface area contributed by atoms with Crippen molar-refractivity contribution in [1.82, 2.24) is 0 Å². The zero-order valence-corrected chi connectivity index (χ0v) is 6.80. The van der Waals surface area contributed by atoms with Crippen molar-refractivity contribution < 1.29 is 13.9 Å². The predicted octanol–water partition coefficient (Wildman–Crippen LogP) is 0.539. The Morgan fingerprint density at radius 3 is 2.46 bits per heavy atom. The number of hydrogen-bond donors (Lipinski definition) is 3. The average Bonchev–Trinajstić information content (AvgIpc) is 2.12. The molecule has 3 nitrogen and oxygen atoms in total. The zero-order valence-electron chi connectivity index (χ0n) is 6.80. The van der Waals surface area contributed by atoms with Crippen LogP contribution in [0.25, 0.3) is 0 Å². The quantitative estimate of drug-likeness (QED) is 0.593. The van der Waals surface area contributed by atoms with Gasteiger partial charge in [-0.2, -0.15) is 0 Å². The minimum atomic E-state index is -1.10. The molecule has 1 atom stereocenters. The zero-order chi connectivity index (χ0) is 10.0. The van der Waals surface area contributed by atoms with Crippen LogP contribution in [-0.4, -0.2) is 11.7 Å². The summed E-state index contributed by atoms with van der Waals surface area (Å²) in [6.07, 6.45) is -1.02. The molecule has 0 bridgehead atoms. The fourth-order valence-electron chi connectivity index (χ4n) is 0.961. The van der Waals surface area contributed by atoms with Gasteiger partial charge >= 0.3 is 0 Å². The van der Waals surface area contributed by atoms with E-state index in [1.807, 2.05) is 0 Å². The van der Waals surface area contributed by atoms with Gasteiger partial charge in [-0.3, -0.25) is 0 Å². The molecule has 0 spiro atoms. The van der Waals surface area contributed by atoms with E-state index >= 15 is 0 Å². The smallest absolute Gasteiger partial charge is 0.181 e. The number of nitrogen functional groups attached to an aromatic ring is 1. The van der Waals surface area contributed by atoms with Crippen LogP contribution in [0.1, 0.15) is 11.7 Å². The van der Waals surface area contributed by atoms with Crippen LogP contribution in [0, 0.1) is 11.6 Å². The van der Waals surface area contributed by atoms with Gasteiger partial charge in [0.25, 0.3) is 0 Å². The van der Waals surface area contributed by atoms with E-state index in [-0.39, 0.29) is 17.8 Å². The number of rotatable bonds is 2. The van der Waals surface area contributed by atoms with Crippen molar-refractivity contribution in [2.24, 2.45) is 5.73 Å². The SMILES string of the molecule is NCC(O)c1cc(N)c(F)c(F)c1. The molecule has 0 radical (unpaired) electrons. The van der Waals surface area contributed by atoms with Crippen LogP contribution in [0.2, 0.25) is 0 Å². The number of anilines is 1.